The quantitative estimate of drug-likeness (QED) is 0.838. The predicted octanol–water partition coefficient (Wildman–Crippen LogP) is 2.75. The van der Waals surface area contributed by atoms with E-state index in [1.807, 2.05) is 0 Å². The Hall–Kier alpha value is -0.330. The van der Waals surface area contributed by atoms with Crippen molar-refractivity contribution in [2.24, 2.45) is 5.92 Å². The van der Waals surface area contributed by atoms with Gasteiger partial charge in [0.2, 0.25) is 10.0 Å². The van der Waals surface area contributed by atoms with Gasteiger partial charge in [0.15, 0.2) is 0 Å². The first-order valence-electron chi connectivity index (χ1n) is 6.47. The summed E-state index contributed by atoms with van der Waals surface area (Å²) < 4.78 is 26.1. The van der Waals surface area contributed by atoms with Gasteiger partial charge in [-0.2, -0.15) is 0 Å². The second-order valence-corrected chi connectivity index (χ2v) is 7.87. The van der Waals surface area contributed by atoms with E-state index in [1.165, 1.54) is 0 Å². The SMILES string of the molecule is O=S(=O)(CC1CCC1)NCC(O)c1cc(Cl)cc(Cl)c1. The average Bonchev–Trinajstić information content (AvgIpc) is 2.30. The van der Waals surface area contributed by atoms with Gasteiger partial charge in [-0.3, -0.25) is 0 Å². The fourth-order valence-corrected chi connectivity index (χ4v) is 4.15. The second-order valence-electron chi connectivity index (χ2n) is 5.15. The number of aliphatic hydroxyl groups is 1. The molecule has 1 atom stereocenters. The molecule has 0 saturated heterocycles. The van der Waals surface area contributed by atoms with Gasteiger partial charge in [-0.05, 0) is 42.5 Å². The summed E-state index contributed by atoms with van der Waals surface area (Å²) in [6.45, 7) is -0.0777. The molecule has 112 valence electrons. The number of aliphatic hydroxyl groups excluding tert-OH is 1. The van der Waals surface area contributed by atoms with Gasteiger partial charge in [0, 0.05) is 16.6 Å². The molecule has 0 heterocycles. The minimum Gasteiger partial charge on any atom is -0.387 e. The summed E-state index contributed by atoms with van der Waals surface area (Å²) in [6.07, 6.45) is 2.06. The topological polar surface area (TPSA) is 66.4 Å². The maximum absolute atomic E-state index is 11.8. The van der Waals surface area contributed by atoms with E-state index in [0.717, 1.165) is 19.3 Å². The number of hydrogen-bond donors (Lipinski definition) is 2. The Labute approximate surface area is 129 Å². The Morgan fingerprint density at radius 2 is 1.85 bits per heavy atom. The fourth-order valence-electron chi connectivity index (χ4n) is 2.12. The van der Waals surface area contributed by atoms with Crippen LogP contribution in [0.25, 0.3) is 0 Å². The monoisotopic (exact) mass is 337 g/mol. The van der Waals surface area contributed by atoms with Gasteiger partial charge < -0.3 is 5.11 Å². The molecule has 7 heteroatoms. The molecule has 0 aromatic heterocycles. The maximum atomic E-state index is 11.8. The van der Waals surface area contributed by atoms with Crippen LogP contribution in [0.5, 0.6) is 0 Å². The van der Waals surface area contributed by atoms with Crippen LogP contribution in [0.15, 0.2) is 18.2 Å². The van der Waals surface area contributed by atoms with Gasteiger partial charge in [-0.1, -0.05) is 29.6 Å². The molecular weight excluding hydrogens is 321 g/mol. The van der Waals surface area contributed by atoms with Crippen LogP contribution in [0.2, 0.25) is 10.0 Å². The molecule has 0 aliphatic heterocycles. The van der Waals surface area contributed by atoms with Crippen molar-refractivity contribution >= 4 is 33.2 Å². The largest absolute Gasteiger partial charge is 0.387 e. The number of halogens is 2. The highest BCUT2D eigenvalue weighted by molar-refractivity contribution is 7.89. The Morgan fingerprint density at radius 1 is 1.25 bits per heavy atom. The van der Waals surface area contributed by atoms with Crippen LogP contribution >= 0.6 is 23.2 Å². The van der Waals surface area contributed by atoms with Gasteiger partial charge in [-0.15, -0.1) is 0 Å². The van der Waals surface area contributed by atoms with Crippen LogP contribution in [0.3, 0.4) is 0 Å². The Balaban J connectivity index is 1.92. The molecule has 20 heavy (non-hydrogen) atoms. The molecule has 1 unspecified atom stereocenters. The number of sulfonamides is 1. The minimum absolute atomic E-state index is 0.0777. The van der Waals surface area contributed by atoms with E-state index < -0.39 is 16.1 Å². The van der Waals surface area contributed by atoms with Crippen LogP contribution in [0.1, 0.15) is 30.9 Å². The molecule has 1 aliphatic rings. The molecule has 1 saturated carbocycles. The molecule has 0 radical (unpaired) electrons. The number of hydrogen-bond acceptors (Lipinski definition) is 3. The second kappa shape index (κ2) is 6.62. The number of nitrogens with one attached hydrogen (secondary N) is 1. The summed E-state index contributed by atoms with van der Waals surface area (Å²) in [5.74, 6) is 0.390. The molecule has 0 spiro atoms. The summed E-state index contributed by atoms with van der Waals surface area (Å²) >= 11 is 11.7. The van der Waals surface area contributed by atoms with Gasteiger partial charge >= 0.3 is 0 Å². The zero-order valence-electron chi connectivity index (χ0n) is 10.9. The highest BCUT2D eigenvalue weighted by atomic mass is 35.5. The summed E-state index contributed by atoms with van der Waals surface area (Å²) in [7, 11) is -3.34. The molecular formula is C13H17Cl2NO3S. The van der Waals surface area contributed by atoms with E-state index in [2.05, 4.69) is 4.72 Å². The third-order valence-electron chi connectivity index (χ3n) is 3.45. The zero-order valence-corrected chi connectivity index (χ0v) is 13.2. The van der Waals surface area contributed by atoms with Gasteiger partial charge in [0.05, 0.1) is 11.9 Å². The first-order valence-corrected chi connectivity index (χ1v) is 8.88. The number of rotatable bonds is 6. The van der Waals surface area contributed by atoms with Gasteiger partial charge in [0.1, 0.15) is 0 Å². The predicted molar refractivity (Wildman–Crippen MR) is 80.6 cm³/mol. The van der Waals surface area contributed by atoms with Gasteiger partial charge in [-0.25, -0.2) is 13.1 Å². The Morgan fingerprint density at radius 3 is 2.35 bits per heavy atom. The summed E-state index contributed by atoms with van der Waals surface area (Å²) in [6, 6.07) is 4.69. The summed E-state index contributed by atoms with van der Waals surface area (Å²) in [5, 5.41) is 10.8. The minimum atomic E-state index is -3.34. The van der Waals surface area contributed by atoms with Crippen LogP contribution < -0.4 is 4.72 Å². The molecule has 1 fully saturated rings. The van der Waals surface area contributed by atoms with Crippen molar-refractivity contribution in [2.75, 3.05) is 12.3 Å². The molecule has 0 bridgehead atoms. The highest BCUT2D eigenvalue weighted by Gasteiger charge is 2.24. The van der Waals surface area contributed by atoms with E-state index >= 15 is 0 Å². The highest BCUT2D eigenvalue weighted by Crippen LogP contribution is 2.27. The molecule has 4 nitrogen and oxygen atoms in total. The molecule has 1 aliphatic carbocycles. The molecule has 2 N–H and O–H groups in total. The Bertz CT molecular complexity index is 553. The molecule has 1 aromatic rings. The Kier molecular flexibility index (Phi) is 5.31. The van der Waals surface area contributed by atoms with Gasteiger partial charge in [0.25, 0.3) is 0 Å². The van der Waals surface area contributed by atoms with E-state index in [9.17, 15) is 13.5 Å². The normalized spacial score (nSPS) is 17.8. The van der Waals surface area contributed by atoms with E-state index in [0.29, 0.717) is 15.6 Å². The lowest BCUT2D eigenvalue weighted by atomic mass is 9.87. The third kappa shape index (κ3) is 4.60. The van der Waals surface area contributed by atoms with Crippen molar-refractivity contribution in [2.45, 2.75) is 25.4 Å². The van der Waals surface area contributed by atoms with Crippen LogP contribution in [-0.2, 0) is 10.0 Å². The third-order valence-corrected chi connectivity index (χ3v) is 5.40. The van der Waals surface area contributed by atoms with E-state index in [1.54, 1.807) is 18.2 Å². The zero-order chi connectivity index (χ0) is 14.8. The van der Waals surface area contributed by atoms with Crippen LogP contribution in [0, 0.1) is 5.92 Å². The number of benzene rings is 1. The molecule has 0 amide bonds. The molecule has 1 aromatic carbocycles. The lowest BCUT2D eigenvalue weighted by Crippen LogP contribution is -2.34. The summed E-state index contributed by atoms with van der Waals surface area (Å²) in [4.78, 5) is 0. The van der Waals surface area contributed by atoms with Crippen molar-refractivity contribution in [3.05, 3.63) is 33.8 Å². The van der Waals surface area contributed by atoms with E-state index in [4.69, 9.17) is 23.2 Å². The fraction of sp³-hybridized carbons (Fsp3) is 0.538. The average molecular weight is 338 g/mol. The first-order chi connectivity index (χ1) is 9.35. The van der Waals surface area contributed by atoms with Crippen LogP contribution in [-0.4, -0.2) is 25.8 Å². The van der Waals surface area contributed by atoms with Crippen molar-refractivity contribution in [1.29, 1.82) is 0 Å². The van der Waals surface area contributed by atoms with Crippen molar-refractivity contribution < 1.29 is 13.5 Å². The van der Waals surface area contributed by atoms with Crippen LogP contribution in [0.4, 0.5) is 0 Å². The lowest BCUT2D eigenvalue weighted by Gasteiger charge is -2.25. The van der Waals surface area contributed by atoms with Crippen molar-refractivity contribution in [1.82, 2.24) is 4.72 Å². The smallest absolute Gasteiger partial charge is 0.211 e. The van der Waals surface area contributed by atoms with Crippen molar-refractivity contribution in [3.63, 3.8) is 0 Å². The first kappa shape index (κ1) is 16.0. The maximum Gasteiger partial charge on any atom is 0.211 e. The molecule has 2 rings (SSSR count). The summed E-state index contributed by atoms with van der Waals surface area (Å²) in [5.41, 5.74) is 0.494. The lowest BCUT2D eigenvalue weighted by molar-refractivity contribution is 0.182. The van der Waals surface area contributed by atoms with Crippen molar-refractivity contribution in [3.8, 4) is 0 Å². The standard InChI is InChI=1S/C13H17Cl2NO3S/c14-11-4-10(5-12(15)6-11)13(17)7-16-20(18,19)8-9-2-1-3-9/h4-6,9,13,16-17H,1-3,7-8H2. The van der Waals surface area contributed by atoms with E-state index in [-0.39, 0.29) is 18.2 Å².